The van der Waals surface area contributed by atoms with Crippen molar-refractivity contribution >= 4 is 5.69 Å². The maximum Gasteiger partial charge on any atom is 0.102 e. The molecular formula is C21H15N3. The molecule has 0 saturated heterocycles. The molecule has 3 heteroatoms. The Labute approximate surface area is 141 Å². The Bertz CT molecular complexity index is 990. The van der Waals surface area contributed by atoms with Gasteiger partial charge in [0.15, 0.2) is 0 Å². The summed E-state index contributed by atoms with van der Waals surface area (Å²) in [6.45, 7) is 1.99. The SMILES string of the molecule is Cc1ccccc1-c1cc(-c2ccccc2)c(C#N)c(N)c1C#N. The van der Waals surface area contributed by atoms with Crippen LogP contribution in [0.3, 0.4) is 0 Å². The van der Waals surface area contributed by atoms with Crippen LogP contribution in [0.2, 0.25) is 0 Å². The second-order valence-electron chi connectivity index (χ2n) is 5.54. The van der Waals surface area contributed by atoms with Crippen molar-refractivity contribution in [2.24, 2.45) is 0 Å². The Balaban J connectivity index is 2.40. The summed E-state index contributed by atoms with van der Waals surface area (Å²) < 4.78 is 0. The van der Waals surface area contributed by atoms with Crippen LogP contribution in [-0.4, -0.2) is 0 Å². The van der Waals surface area contributed by atoms with E-state index < -0.39 is 0 Å². The van der Waals surface area contributed by atoms with Crippen LogP contribution in [0, 0.1) is 29.6 Å². The normalized spacial score (nSPS) is 9.96. The first-order chi connectivity index (χ1) is 11.7. The van der Waals surface area contributed by atoms with E-state index in [1.165, 1.54) is 0 Å². The summed E-state index contributed by atoms with van der Waals surface area (Å²) in [5.41, 5.74) is 11.5. The van der Waals surface area contributed by atoms with E-state index in [4.69, 9.17) is 5.73 Å². The van der Waals surface area contributed by atoms with Gasteiger partial charge in [-0.05, 0) is 29.7 Å². The summed E-state index contributed by atoms with van der Waals surface area (Å²) in [6.07, 6.45) is 0. The van der Waals surface area contributed by atoms with Gasteiger partial charge < -0.3 is 5.73 Å². The molecule has 3 aromatic rings. The number of hydrogen-bond donors (Lipinski definition) is 1. The summed E-state index contributed by atoms with van der Waals surface area (Å²) in [7, 11) is 0. The predicted molar refractivity (Wildman–Crippen MR) is 95.9 cm³/mol. The van der Waals surface area contributed by atoms with E-state index >= 15 is 0 Å². The van der Waals surface area contributed by atoms with Crippen molar-refractivity contribution in [1.29, 1.82) is 10.5 Å². The zero-order chi connectivity index (χ0) is 17.1. The number of nitrogens with zero attached hydrogens (tertiary/aromatic N) is 2. The average Bonchev–Trinajstić information content (AvgIpc) is 2.62. The van der Waals surface area contributed by atoms with Gasteiger partial charge in [-0.3, -0.25) is 0 Å². The number of anilines is 1. The summed E-state index contributed by atoms with van der Waals surface area (Å²) >= 11 is 0. The fourth-order valence-electron chi connectivity index (χ4n) is 2.88. The number of nitrogens with two attached hydrogens (primary N) is 1. The lowest BCUT2D eigenvalue weighted by Crippen LogP contribution is -2.01. The first kappa shape index (κ1) is 15.3. The second kappa shape index (κ2) is 6.28. The number of rotatable bonds is 2. The summed E-state index contributed by atoms with van der Waals surface area (Å²) in [5, 5.41) is 19.2. The molecule has 3 nitrogen and oxygen atoms in total. The van der Waals surface area contributed by atoms with Crippen molar-refractivity contribution in [3.05, 3.63) is 77.4 Å². The van der Waals surface area contributed by atoms with E-state index in [-0.39, 0.29) is 5.69 Å². The number of aryl methyl sites for hydroxylation is 1. The van der Waals surface area contributed by atoms with Crippen LogP contribution in [0.5, 0.6) is 0 Å². The quantitative estimate of drug-likeness (QED) is 0.700. The third-order valence-electron chi connectivity index (χ3n) is 4.11. The lowest BCUT2D eigenvalue weighted by atomic mass is 9.88. The summed E-state index contributed by atoms with van der Waals surface area (Å²) in [5.74, 6) is 0. The highest BCUT2D eigenvalue weighted by Crippen LogP contribution is 2.37. The van der Waals surface area contributed by atoms with Crippen molar-refractivity contribution < 1.29 is 0 Å². The van der Waals surface area contributed by atoms with Gasteiger partial charge in [-0.25, -0.2) is 0 Å². The minimum absolute atomic E-state index is 0.236. The average molecular weight is 309 g/mol. The Morgan fingerprint density at radius 3 is 1.96 bits per heavy atom. The van der Waals surface area contributed by atoms with E-state index in [0.717, 1.165) is 27.8 Å². The lowest BCUT2D eigenvalue weighted by Gasteiger charge is -2.15. The monoisotopic (exact) mass is 309 g/mol. The fourth-order valence-corrected chi connectivity index (χ4v) is 2.88. The van der Waals surface area contributed by atoms with Crippen LogP contribution in [0.4, 0.5) is 5.69 Å². The molecule has 0 spiro atoms. The molecule has 0 amide bonds. The molecule has 0 heterocycles. The molecule has 0 radical (unpaired) electrons. The molecule has 0 unspecified atom stereocenters. The van der Waals surface area contributed by atoms with Crippen molar-refractivity contribution in [2.45, 2.75) is 6.92 Å². The molecule has 3 aromatic carbocycles. The van der Waals surface area contributed by atoms with Gasteiger partial charge in [0.1, 0.15) is 12.1 Å². The molecule has 24 heavy (non-hydrogen) atoms. The van der Waals surface area contributed by atoms with E-state index in [2.05, 4.69) is 12.1 Å². The second-order valence-corrected chi connectivity index (χ2v) is 5.54. The minimum atomic E-state index is 0.236. The topological polar surface area (TPSA) is 73.6 Å². The first-order valence-corrected chi connectivity index (χ1v) is 7.55. The molecule has 0 saturated carbocycles. The highest BCUT2D eigenvalue weighted by molar-refractivity contribution is 5.89. The molecule has 114 valence electrons. The zero-order valence-corrected chi connectivity index (χ0v) is 13.2. The highest BCUT2D eigenvalue weighted by Gasteiger charge is 2.18. The Hall–Kier alpha value is -3.56. The Kier molecular flexibility index (Phi) is 4.01. The molecule has 2 N–H and O–H groups in total. The minimum Gasteiger partial charge on any atom is -0.397 e. The first-order valence-electron chi connectivity index (χ1n) is 7.55. The van der Waals surface area contributed by atoms with Gasteiger partial charge in [0.2, 0.25) is 0 Å². The van der Waals surface area contributed by atoms with Crippen LogP contribution in [0.15, 0.2) is 60.7 Å². The van der Waals surface area contributed by atoms with Gasteiger partial charge in [-0.2, -0.15) is 10.5 Å². The standard InChI is InChI=1S/C21H15N3/c1-14-7-5-6-10-16(14)18-11-17(15-8-3-2-4-9-15)19(12-22)21(24)20(18)13-23/h2-11H,24H2,1H3. The van der Waals surface area contributed by atoms with Gasteiger partial charge in [-0.15, -0.1) is 0 Å². The molecule has 0 fully saturated rings. The van der Waals surface area contributed by atoms with Crippen molar-refractivity contribution in [1.82, 2.24) is 0 Å². The van der Waals surface area contributed by atoms with E-state index in [0.29, 0.717) is 11.1 Å². The largest absolute Gasteiger partial charge is 0.397 e. The Morgan fingerprint density at radius 2 is 1.33 bits per heavy atom. The third kappa shape index (κ3) is 2.49. The van der Waals surface area contributed by atoms with Crippen molar-refractivity contribution in [2.75, 3.05) is 5.73 Å². The number of hydrogen-bond acceptors (Lipinski definition) is 3. The van der Waals surface area contributed by atoms with Gasteiger partial charge in [0, 0.05) is 11.1 Å². The van der Waals surface area contributed by atoms with E-state index in [1.807, 2.05) is 67.6 Å². The number of nitriles is 2. The van der Waals surface area contributed by atoms with E-state index in [9.17, 15) is 10.5 Å². The molecule has 0 aliphatic carbocycles. The number of benzene rings is 3. The zero-order valence-electron chi connectivity index (χ0n) is 13.2. The lowest BCUT2D eigenvalue weighted by molar-refractivity contribution is 1.41. The van der Waals surface area contributed by atoms with Crippen molar-refractivity contribution in [3.8, 4) is 34.4 Å². The smallest absolute Gasteiger partial charge is 0.102 e. The van der Waals surface area contributed by atoms with Crippen LogP contribution in [0.25, 0.3) is 22.3 Å². The van der Waals surface area contributed by atoms with Gasteiger partial charge >= 0.3 is 0 Å². The number of nitrogen functional groups attached to an aromatic ring is 1. The third-order valence-corrected chi connectivity index (χ3v) is 4.11. The van der Waals surface area contributed by atoms with Crippen LogP contribution in [0.1, 0.15) is 16.7 Å². The molecule has 0 atom stereocenters. The fraction of sp³-hybridized carbons (Fsp3) is 0.0476. The molecule has 0 aliphatic heterocycles. The van der Waals surface area contributed by atoms with Gasteiger partial charge in [-0.1, -0.05) is 54.6 Å². The molecule has 3 rings (SSSR count). The van der Waals surface area contributed by atoms with Crippen LogP contribution >= 0.6 is 0 Å². The maximum absolute atomic E-state index is 9.59. The molecule has 0 bridgehead atoms. The highest BCUT2D eigenvalue weighted by atomic mass is 14.6. The summed E-state index contributed by atoms with van der Waals surface area (Å²) in [4.78, 5) is 0. The van der Waals surface area contributed by atoms with E-state index in [1.54, 1.807) is 0 Å². The predicted octanol–water partition coefficient (Wildman–Crippen LogP) is 4.65. The van der Waals surface area contributed by atoms with Crippen LogP contribution < -0.4 is 5.73 Å². The van der Waals surface area contributed by atoms with Gasteiger partial charge in [0.05, 0.1) is 16.8 Å². The summed E-state index contributed by atoms with van der Waals surface area (Å²) in [6, 6.07) is 23.7. The molecular weight excluding hydrogens is 294 g/mol. The Morgan fingerprint density at radius 1 is 0.750 bits per heavy atom. The van der Waals surface area contributed by atoms with Crippen molar-refractivity contribution in [3.63, 3.8) is 0 Å². The van der Waals surface area contributed by atoms with Gasteiger partial charge in [0.25, 0.3) is 0 Å². The maximum atomic E-state index is 9.59. The molecule has 0 aromatic heterocycles. The molecule has 0 aliphatic rings. The van der Waals surface area contributed by atoms with Crippen LogP contribution in [-0.2, 0) is 0 Å².